The Morgan fingerprint density at radius 1 is 1.57 bits per heavy atom. The zero-order valence-corrected chi connectivity index (χ0v) is 8.25. The highest BCUT2D eigenvalue weighted by Crippen LogP contribution is 2.27. The molecular formula is C9H9ClN2O2. The molecule has 3 N–H and O–H groups in total. The van der Waals surface area contributed by atoms with Gasteiger partial charge in [-0.15, -0.1) is 0 Å². The Bertz CT molecular complexity index is 440. The molecule has 1 aromatic heterocycles. The van der Waals surface area contributed by atoms with Crippen molar-refractivity contribution >= 4 is 28.4 Å². The van der Waals surface area contributed by atoms with Crippen LogP contribution in [0.2, 0.25) is 5.02 Å². The third-order valence-corrected chi connectivity index (χ3v) is 2.21. The molecule has 74 valence electrons. The number of aromatic nitrogens is 1. The number of rotatable bonds is 1. The minimum atomic E-state index is -0.734. The third kappa shape index (κ3) is 1.42. The van der Waals surface area contributed by atoms with Crippen molar-refractivity contribution in [1.29, 1.82) is 0 Å². The van der Waals surface area contributed by atoms with E-state index in [2.05, 4.69) is 4.98 Å². The molecule has 0 saturated carbocycles. The first kappa shape index (κ1) is 9.30. The molecule has 2 rings (SSSR count). The molecule has 0 spiro atoms. The number of aliphatic hydroxyl groups is 1. The van der Waals surface area contributed by atoms with Gasteiger partial charge in [-0.05, 0) is 13.0 Å². The lowest BCUT2D eigenvalue weighted by Gasteiger charge is -1.94. The number of fused-ring (bicyclic) bond motifs is 1. The van der Waals surface area contributed by atoms with Gasteiger partial charge < -0.3 is 15.3 Å². The Labute approximate surface area is 85.3 Å². The van der Waals surface area contributed by atoms with Gasteiger partial charge in [-0.1, -0.05) is 11.6 Å². The Balaban J connectivity index is 2.66. The fraction of sp³-hybridized carbons (Fsp3) is 0.222. The predicted octanol–water partition coefficient (Wildman–Crippen LogP) is 2.12. The predicted molar refractivity (Wildman–Crippen MR) is 54.1 cm³/mol. The minimum absolute atomic E-state index is 0.265. The van der Waals surface area contributed by atoms with Crippen LogP contribution in [0.3, 0.4) is 0 Å². The van der Waals surface area contributed by atoms with Gasteiger partial charge in [0.1, 0.15) is 11.6 Å². The molecule has 2 aromatic rings. The van der Waals surface area contributed by atoms with Crippen LogP contribution in [0.15, 0.2) is 16.5 Å². The minimum Gasteiger partial charge on any atom is -0.438 e. The molecule has 1 heterocycles. The van der Waals surface area contributed by atoms with E-state index in [1.165, 1.54) is 0 Å². The highest BCUT2D eigenvalue weighted by atomic mass is 35.5. The molecule has 0 aliphatic heterocycles. The van der Waals surface area contributed by atoms with Crippen LogP contribution >= 0.6 is 11.6 Å². The van der Waals surface area contributed by atoms with Gasteiger partial charge in [-0.3, -0.25) is 0 Å². The van der Waals surface area contributed by atoms with Crippen molar-refractivity contribution in [2.24, 2.45) is 0 Å². The van der Waals surface area contributed by atoms with Crippen molar-refractivity contribution in [3.8, 4) is 0 Å². The van der Waals surface area contributed by atoms with Crippen molar-refractivity contribution < 1.29 is 9.52 Å². The van der Waals surface area contributed by atoms with Crippen molar-refractivity contribution in [3.63, 3.8) is 0 Å². The van der Waals surface area contributed by atoms with Crippen LogP contribution in [-0.2, 0) is 0 Å². The molecule has 0 bridgehead atoms. The molecule has 0 aliphatic carbocycles. The van der Waals surface area contributed by atoms with Crippen LogP contribution in [-0.4, -0.2) is 10.1 Å². The first-order valence-corrected chi connectivity index (χ1v) is 4.49. The van der Waals surface area contributed by atoms with E-state index in [4.69, 9.17) is 21.8 Å². The molecule has 1 atom stereocenters. The normalized spacial score (nSPS) is 13.4. The second kappa shape index (κ2) is 3.15. The lowest BCUT2D eigenvalue weighted by molar-refractivity contribution is 0.165. The van der Waals surface area contributed by atoms with Crippen LogP contribution in [0, 0.1) is 0 Å². The van der Waals surface area contributed by atoms with Crippen molar-refractivity contribution in [2.75, 3.05) is 5.73 Å². The highest BCUT2D eigenvalue weighted by molar-refractivity contribution is 6.33. The van der Waals surface area contributed by atoms with Crippen molar-refractivity contribution in [3.05, 3.63) is 23.0 Å². The maximum absolute atomic E-state index is 9.24. The Kier molecular flexibility index (Phi) is 2.09. The van der Waals surface area contributed by atoms with Gasteiger partial charge in [-0.2, -0.15) is 0 Å². The number of benzene rings is 1. The van der Waals surface area contributed by atoms with Crippen LogP contribution in [0.4, 0.5) is 5.69 Å². The average molecular weight is 213 g/mol. The summed E-state index contributed by atoms with van der Waals surface area (Å²) >= 11 is 5.81. The fourth-order valence-corrected chi connectivity index (χ4v) is 1.32. The van der Waals surface area contributed by atoms with Gasteiger partial charge in [0.15, 0.2) is 5.58 Å². The molecule has 1 aromatic carbocycles. The first-order valence-electron chi connectivity index (χ1n) is 4.11. The van der Waals surface area contributed by atoms with Gasteiger partial charge >= 0.3 is 0 Å². The maximum Gasteiger partial charge on any atom is 0.224 e. The van der Waals surface area contributed by atoms with E-state index < -0.39 is 6.10 Å². The van der Waals surface area contributed by atoms with Crippen LogP contribution in [0.5, 0.6) is 0 Å². The Hall–Kier alpha value is -1.26. The largest absolute Gasteiger partial charge is 0.438 e. The summed E-state index contributed by atoms with van der Waals surface area (Å²) < 4.78 is 5.27. The van der Waals surface area contributed by atoms with Crippen molar-refractivity contribution in [1.82, 2.24) is 4.98 Å². The molecular weight excluding hydrogens is 204 g/mol. The fourth-order valence-electron chi connectivity index (χ4n) is 1.16. The summed E-state index contributed by atoms with van der Waals surface area (Å²) in [5.41, 5.74) is 7.15. The average Bonchev–Trinajstić information content (AvgIpc) is 2.48. The number of hydrogen-bond donors (Lipinski definition) is 2. The smallest absolute Gasteiger partial charge is 0.224 e. The number of halogens is 1. The van der Waals surface area contributed by atoms with Crippen LogP contribution < -0.4 is 5.73 Å². The molecule has 14 heavy (non-hydrogen) atoms. The second-order valence-electron chi connectivity index (χ2n) is 3.07. The van der Waals surface area contributed by atoms with E-state index >= 15 is 0 Å². The number of nitrogens with two attached hydrogens (primary N) is 1. The quantitative estimate of drug-likeness (QED) is 0.711. The van der Waals surface area contributed by atoms with E-state index in [0.29, 0.717) is 21.8 Å². The molecule has 1 unspecified atom stereocenters. The molecule has 5 heteroatoms. The zero-order valence-electron chi connectivity index (χ0n) is 7.49. The summed E-state index contributed by atoms with van der Waals surface area (Å²) in [6.07, 6.45) is -0.734. The molecule has 0 amide bonds. The molecule has 0 saturated heterocycles. The summed E-state index contributed by atoms with van der Waals surface area (Å²) in [4.78, 5) is 4.06. The number of nitrogen functional groups attached to an aromatic ring is 1. The number of anilines is 1. The summed E-state index contributed by atoms with van der Waals surface area (Å²) in [5.74, 6) is 0.265. The SMILES string of the molecule is CC(O)c1nc2cc(Cl)c(N)cc2o1. The van der Waals surface area contributed by atoms with E-state index in [-0.39, 0.29) is 5.89 Å². The second-order valence-corrected chi connectivity index (χ2v) is 3.48. The van der Waals surface area contributed by atoms with Gasteiger partial charge in [0.05, 0.1) is 10.7 Å². The Morgan fingerprint density at radius 3 is 2.93 bits per heavy atom. The van der Waals surface area contributed by atoms with Gasteiger partial charge in [-0.25, -0.2) is 4.98 Å². The van der Waals surface area contributed by atoms with Crippen LogP contribution in [0.25, 0.3) is 11.1 Å². The lowest BCUT2D eigenvalue weighted by atomic mass is 10.3. The van der Waals surface area contributed by atoms with Gasteiger partial charge in [0, 0.05) is 6.07 Å². The van der Waals surface area contributed by atoms with Gasteiger partial charge in [0.2, 0.25) is 5.89 Å². The van der Waals surface area contributed by atoms with E-state index in [0.717, 1.165) is 0 Å². The summed E-state index contributed by atoms with van der Waals surface area (Å²) in [6.45, 7) is 1.58. The molecule has 0 fully saturated rings. The van der Waals surface area contributed by atoms with Crippen LogP contribution in [0.1, 0.15) is 18.9 Å². The molecule has 0 radical (unpaired) electrons. The van der Waals surface area contributed by atoms with E-state index in [1.54, 1.807) is 19.1 Å². The van der Waals surface area contributed by atoms with Gasteiger partial charge in [0.25, 0.3) is 0 Å². The monoisotopic (exact) mass is 212 g/mol. The zero-order chi connectivity index (χ0) is 10.3. The maximum atomic E-state index is 9.24. The topological polar surface area (TPSA) is 72.3 Å². The highest BCUT2D eigenvalue weighted by Gasteiger charge is 2.11. The summed E-state index contributed by atoms with van der Waals surface area (Å²) in [7, 11) is 0. The number of nitrogens with zero attached hydrogens (tertiary/aromatic N) is 1. The van der Waals surface area contributed by atoms with Crippen molar-refractivity contribution in [2.45, 2.75) is 13.0 Å². The lowest BCUT2D eigenvalue weighted by Crippen LogP contribution is -1.89. The molecule has 4 nitrogen and oxygen atoms in total. The molecule has 0 aliphatic rings. The van der Waals surface area contributed by atoms with E-state index in [9.17, 15) is 5.11 Å². The third-order valence-electron chi connectivity index (χ3n) is 1.88. The van der Waals surface area contributed by atoms with E-state index in [1.807, 2.05) is 0 Å². The summed E-state index contributed by atoms with van der Waals surface area (Å²) in [5, 5.41) is 9.68. The first-order chi connectivity index (χ1) is 6.58. The number of hydrogen-bond acceptors (Lipinski definition) is 4. The number of oxazole rings is 1. The summed E-state index contributed by atoms with van der Waals surface area (Å²) in [6, 6.07) is 3.21. The number of aliphatic hydroxyl groups excluding tert-OH is 1. The standard InChI is InChI=1S/C9H9ClN2O2/c1-4(13)9-12-7-2-5(10)6(11)3-8(7)14-9/h2-4,13H,11H2,1H3. The Morgan fingerprint density at radius 2 is 2.29 bits per heavy atom.